The number of likely N-dealkylation sites (tertiary alicyclic amines) is 1. The van der Waals surface area contributed by atoms with Gasteiger partial charge in [-0.1, -0.05) is 36.4 Å². The van der Waals surface area contributed by atoms with Gasteiger partial charge in [-0.2, -0.15) is 4.31 Å². The van der Waals surface area contributed by atoms with Crippen LogP contribution in [-0.2, 0) is 16.4 Å². The van der Waals surface area contributed by atoms with Gasteiger partial charge in [-0.15, -0.1) is 0 Å². The van der Waals surface area contributed by atoms with Gasteiger partial charge in [0, 0.05) is 25.7 Å². The monoisotopic (exact) mass is 428 g/mol. The number of benzene rings is 2. The Morgan fingerprint density at radius 2 is 1.57 bits per heavy atom. The van der Waals surface area contributed by atoms with Crippen LogP contribution in [0.25, 0.3) is 11.1 Å². The molecule has 2 atom stereocenters. The van der Waals surface area contributed by atoms with E-state index in [1.54, 1.807) is 12.1 Å². The predicted molar refractivity (Wildman–Crippen MR) is 120 cm³/mol. The van der Waals surface area contributed by atoms with Crippen molar-refractivity contribution in [2.24, 2.45) is 0 Å². The third-order valence-electron chi connectivity index (χ3n) is 6.52. The molecule has 0 aliphatic carbocycles. The lowest BCUT2D eigenvalue weighted by Gasteiger charge is -2.29. The SMILES string of the molecule is CC1CCCN1CCc1ccc(-c2ccc(S(=O)(=O)N3CCCC(O)C3)cc2)cc1. The van der Waals surface area contributed by atoms with E-state index in [1.165, 1.54) is 29.3 Å². The van der Waals surface area contributed by atoms with Crippen molar-refractivity contribution in [1.29, 1.82) is 0 Å². The second-order valence-corrected chi connectivity index (χ2v) is 10.6. The van der Waals surface area contributed by atoms with Crippen molar-refractivity contribution >= 4 is 10.0 Å². The van der Waals surface area contributed by atoms with E-state index in [9.17, 15) is 13.5 Å². The fourth-order valence-corrected chi connectivity index (χ4v) is 6.09. The molecule has 2 aromatic carbocycles. The third-order valence-corrected chi connectivity index (χ3v) is 8.40. The molecule has 30 heavy (non-hydrogen) atoms. The molecule has 0 spiro atoms. The van der Waals surface area contributed by atoms with Gasteiger partial charge in [0.2, 0.25) is 10.0 Å². The molecule has 0 radical (unpaired) electrons. The molecule has 1 N–H and O–H groups in total. The van der Waals surface area contributed by atoms with Crippen LogP contribution in [0.3, 0.4) is 0 Å². The first-order chi connectivity index (χ1) is 14.4. The smallest absolute Gasteiger partial charge is 0.243 e. The molecule has 2 aromatic rings. The van der Waals surface area contributed by atoms with Gasteiger partial charge < -0.3 is 10.0 Å². The lowest BCUT2D eigenvalue weighted by molar-refractivity contribution is 0.108. The summed E-state index contributed by atoms with van der Waals surface area (Å²) in [6.45, 7) is 5.29. The Kier molecular flexibility index (Phi) is 6.58. The van der Waals surface area contributed by atoms with Crippen LogP contribution in [0.1, 0.15) is 38.2 Å². The molecule has 4 rings (SSSR count). The summed E-state index contributed by atoms with van der Waals surface area (Å²) in [7, 11) is -3.55. The standard InChI is InChI=1S/C24H32N2O3S/c1-19-4-2-15-25(19)17-14-20-6-8-21(9-7-20)22-10-12-24(13-11-22)30(28,29)26-16-3-5-23(27)18-26/h6-13,19,23,27H,2-5,14-18H2,1H3. The summed E-state index contributed by atoms with van der Waals surface area (Å²) in [5.74, 6) is 0. The van der Waals surface area contributed by atoms with Crippen molar-refractivity contribution in [2.45, 2.75) is 56.1 Å². The number of piperidine rings is 1. The summed E-state index contributed by atoms with van der Waals surface area (Å²) in [6, 6.07) is 16.4. The van der Waals surface area contributed by atoms with Crippen LogP contribution >= 0.6 is 0 Å². The van der Waals surface area contributed by atoms with Crippen LogP contribution in [0.5, 0.6) is 0 Å². The number of hydrogen-bond donors (Lipinski definition) is 1. The molecule has 2 aliphatic heterocycles. The number of nitrogens with zero attached hydrogens (tertiary/aromatic N) is 2. The summed E-state index contributed by atoms with van der Waals surface area (Å²) in [5, 5.41) is 9.81. The van der Waals surface area contributed by atoms with Gasteiger partial charge in [-0.25, -0.2) is 8.42 Å². The zero-order valence-corrected chi connectivity index (χ0v) is 18.5. The van der Waals surface area contributed by atoms with Crippen LogP contribution in [-0.4, -0.2) is 61.1 Å². The highest BCUT2D eigenvalue weighted by atomic mass is 32.2. The van der Waals surface area contributed by atoms with E-state index in [0.717, 1.165) is 24.1 Å². The molecule has 0 amide bonds. The minimum atomic E-state index is -3.55. The van der Waals surface area contributed by atoms with Gasteiger partial charge in [-0.05, 0) is 74.4 Å². The van der Waals surface area contributed by atoms with Gasteiger partial charge >= 0.3 is 0 Å². The van der Waals surface area contributed by atoms with Crippen LogP contribution in [0.15, 0.2) is 53.4 Å². The van der Waals surface area contributed by atoms with E-state index in [-0.39, 0.29) is 11.4 Å². The molecule has 2 saturated heterocycles. The van der Waals surface area contributed by atoms with Gasteiger partial charge in [0.25, 0.3) is 0 Å². The number of sulfonamides is 1. The second-order valence-electron chi connectivity index (χ2n) is 8.66. The predicted octanol–water partition coefficient (Wildman–Crippen LogP) is 3.53. The van der Waals surface area contributed by atoms with E-state index in [0.29, 0.717) is 25.4 Å². The number of hydrogen-bond acceptors (Lipinski definition) is 4. The third kappa shape index (κ3) is 4.78. The average Bonchev–Trinajstić information content (AvgIpc) is 3.17. The minimum absolute atomic E-state index is 0.182. The van der Waals surface area contributed by atoms with Gasteiger partial charge in [0.05, 0.1) is 11.0 Å². The molecule has 2 unspecified atom stereocenters. The summed E-state index contributed by atoms with van der Waals surface area (Å²) in [5.41, 5.74) is 3.43. The summed E-state index contributed by atoms with van der Waals surface area (Å²) < 4.78 is 27.1. The van der Waals surface area contributed by atoms with Crippen molar-refractivity contribution < 1.29 is 13.5 Å². The Labute approximate surface area is 180 Å². The zero-order valence-electron chi connectivity index (χ0n) is 17.7. The maximum Gasteiger partial charge on any atom is 0.243 e. The van der Waals surface area contributed by atoms with Crippen molar-refractivity contribution in [1.82, 2.24) is 9.21 Å². The van der Waals surface area contributed by atoms with Crippen molar-refractivity contribution in [2.75, 3.05) is 26.2 Å². The fraction of sp³-hybridized carbons (Fsp3) is 0.500. The van der Waals surface area contributed by atoms with Crippen molar-refractivity contribution in [3.63, 3.8) is 0 Å². The van der Waals surface area contributed by atoms with Gasteiger partial charge in [0.15, 0.2) is 0 Å². The Hall–Kier alpha value is -1.73. The quantitative estimate of drug-likeness (QED) is 0.765. The maximum absolute atomic E-state index is 12.8. The first-order valence-electron chi connectivity index (χ1n) is 11.0. The normalized spacial score (nSPS) is 23.7. The van der Waals surface area contributed by atoms with Gasteiger partial charge in [0.1, 0.15) is 0 Å². The Balaban J connectivity index is 1.41. The lowest BCUT2D eigenvalue weighted by atomic mass is 10.0. The van der Waals surface area contributed by atoms with E-state index in [1.807, 2.05) is 12.1 Å². The topological polar surface area (TPSA) is 60.9 Å². The van der Waals surface area contributed by atoms with E-state index < -0.39 is 16.1 Å². The molecule has 5 nitrogen and oxygen atoms in total. The Morgan fingerprint density at radius 3 is 2.17 bits per heavy atom. The van der Waals surface area contributed by atoms with E-state index in [2.05, 4.69) is 36.1 Å². The molecular formula is C24H32N2O3S. The molecule has 162 valence electrons. The molecule has 2 heterocycles. The zero-order chi connectivity index (χ0) is 21.1. The maximum atomic E-state index is 12.8. The molecular weight excluding hydrogens is 396 g/mol. The summed E-state index contributed by atoms with van der Waals surface area (Å²) in [6.07, 6.45) is 4.47. The van der Waals surface area contributed by atoms with Gasteiger partial charge in [-0.3, -0.25) is 0 Å². The molecule has 0 saturated carbocycles. The largest absolute Gasteiger partial charge is 0.392 e. The second kappa shape index (κ2) is 9.18. The van der Waals surface area contributed by atoms with Crippen LogP contribution < -0.4 is 0 Å². The molecule has 2 aliphatic rings. The van der Waals surface area contributed by atoms with Crippen LogP contribution in [0.4, 0.5) is 0 Å². The molecule has 0 aromatic heterocycles. The summed E-state index contributed by atoms with van der Waals surface area (Å²) >= 11 is 0. The van der Waals surface area contributed by atoms with E-state index in [4.69, 9.17) is 0 Å². The first kappa shape index (κ1) is 21.5. The van der Waals surface area contributed by atoms with Crippen LogP contribution in [0.2, 0.25) is 0 Å². The van der Waals surface area contributed by atoms with Crippen molar-refractivity contribution in [3.05, 3.63) is 54.1 Å². The number of aliphatic hydroxyl groups excluding tert-OH is 1. The Morgan fingerprint density at radius 1 is 0.933 bits per heavy atom. The number of aliphatic hydroxyl groups is 1. The molecule has 0 bridgehead atoms. The lowest BCUT2D eigenvalue weighted by Crippen LogP contribution is -2.42. The van der Waals surface area contributed by atoms with Crippen LogP contribution in [0, 0.1) is 0 Å². The number of rotatable bonds is 6. The highest BCUT2D eigenvalue weighted by molar-refractivity contribution is 7.89. The highest BCUT2D eigenvalue weighted by Crippen LogP contribution is 2.25. The molecule has 6 heteroatoms. The number of β-amino-alcohol motifs (C(OH)–C–C–N with tert-alkyl or cyclic N) is 1. The summed E-state index contributed by atoms with van der Waals surface area (Å²) in [4.78, 5) is 2.85. The molecule has 2 fully saturated rings. The van der Waals surface area contributed by atoms with E-state index >= 15 is 0 Å². The van der Waals surface area contributed by atoms with Crippen molar-refractivity contribution in [3.8, 4) is 11.1 Å². The minimum Gasteiger partial charge on any atom is -0.392 e. The Bertz CT molecular complexity index is 941. The first-order valence-corrected chi connectivity index (χ1v) is 12.5. The fourth-order valence-electron chi connectivity index (χ4n) is 4.57. The highest BCUT2D eigenvalue weighted by Gasteiger charge is 2.29. The average molecular weight is 429 g/mol.